The van der Waals surface area contributed by atoms with Crippen molar-refractivity contribution in [3.05, 3.63) is 41.8 Å². The Hall–Kier alpha value is -2.74. The van der Waals surface area contributed by atoms with Crippen molar-refractivity contribution in [1.82, 2.24) is 25.0 Å². The lowest BCUT2D eigenvalue weighted by atomic mass is 10.1. The van der Waals surface area contributed by atoms with E-state index in [-0.39, 0.29) is 18.4 Å². The number of carbonyl (C=O) groups is 1. The number of fused-ring (bicyclic) bond motifs is 1. The molecular formula is C15H15N5O3. The number of imidazole rings is 1. The molecule has 8 heteroatoms. The molecule has 1 unspecified atom stereocenters. The van der Waals surface area contributed by atoms with E-state index in [4.69, 9.17) is 9.63 Å². The minimum atomic E-state index is -0.156. The summed E-state index contributed by atoms with van der Waals surface area (Å²) in [5.41, 5.74) is 2.07. The second kappa shape index (κ2) is 5.47. The van der Waals surface area contributed by atoms with E-state index < -0.39 is 0 Å². The number of nitrogens with zero attached hydrogens (tertiary/aromatic N) is 4. The van der Waals surface area contributed by atoms with Crippen molar-refractivity contribution in [2.45, 2.75) is 18.9 Å². The first-order valence-electron chi connectivity index (χ1n) is 7.39. The Bertz CT molecular complexity index is 842. The fourth-order valence-corrected chi connectivity index (χ4v) is 2.97. The number of amides is 1. The minimum Gasteiger partial charge on any atom is -0.388 e. The number of aromatic amines is 1. The van der Waals surface area contributed by atoms with E-state index in [1.807, 2.05) is 0 Å². The zero-order valence-corrected chi connectivity index (χ0v) is 12.3. The van der Waals surface area contributed by atoms with Crippen LogP contribution in [0.15, 0.2) is 29.1 Å². The topological polar surface area (TPSA) is 108 Å². The number of H-pyrrole nitrogens is 1. The van der Waals surface area contributed by atoms with Crippen LogP contribution in [0.25, 0.3) is 11.0 Å². The molecule has 2 N–H and O–H groups in total. The van der Waals surface area contributed by atoms with Gasteiger partial charge in [-0.05, 0) is 24.6 Å². The van der Waals surface area contributed by atoms with Gasteiger partial charge in [-0.25, -0.2) is 4.98 Å². The molecule has 3 heterocycles. The molecule has 0 radical (unpaired) electrons. The van der Waals surface area contributed by atoms with Gasteiger partial charge >= 0.3 is 0 Å². The molecule has 3 aromatic rings. The van der Waals surface area contributed by atoms with Crippen molar-refractivity contribution in [3.63, 3.8) is 0 Å². The van der Waals surface area contributed by atoms with Crippen molar-refractivity contribution in [2.24, 2.45) is 0 Å². The molecular weight excluding hydrogens is 298 g/mol. The molecule has 0 aliphatic carbocycles. The van der Waals surface area contributed by atoms with Crippen LogP contribution >= 0.6 is 0 Å². The zero-order valence-electron chi connectivity index (χ0n) is 12.3. The Morgan fingerprint density at radius 1 is 1.48 bits per heavy atom. The van der Waals surface area contributed by atoms with Gasteiger partial charge in [-0.2, -0.15) is 4.98 Å². The average Bonchev–Trinajstić information content (AvgIpc) is 3.31. The number of rotatable bonds is 3. The van der Waals surface area contributed by atoms with Crippen LogP contribution in [-0.2, 0) is 6.61 Å². The van der Waals surface area contributed by atoms with Gasteiger partial charge in [0.2, 0.25) is 6.39 Å². The number of nitrogens with one attached hydrogen (secondary N) is 1. The smallest absolute Gasteiger partial charge is 0.253 e. The highest BCUT2D eigenvalue weighted by atomic mass is 16.5. The standard InChI is InChI=1S/C15H15N5O3/c21-7-13-17-11-2-1-9(5-12(11)18-13)15(22)20-4-3-10(6-20)14-16-8-23-19-14/h1-2,5,8,10,21H,3-4,6-7H2,(H,17,18). The van der Waals surface area contributed by atoms with Crippen LogP contribution in [-0.4, -0.2) is 49.1 Å². The Morgan fingerprint density at radius 3 is 3.17 bits per heavy atom. The fraction of sp³-hybridized carbons (Fsp3) is 0.333. The maximum atomic E-state index is 12.7. The normalized spacial score (nSPS) is 18.0. The lowest BCUT2D eigenvalue weighted by Crippen LogP contribution is -2.28. The third kappa shape index (κ3) is 2.46. The predicted molar refractivity (Wildman–Crippen MR) is 79.6 cm³/mol. The van der Waals surface area contributed by atoms with Crippen molar-refractivity contribution >= 4 is 16.9 Å². The highest BCUT2D eigenvalue weighted by Gasteiger charge is 2.30. The van der Waals surface area contributed by atoms with Gasteiger partial charge in [-0.15, -0.1) is 0 Å². The molecule has 0 bridgehead atoms. The number of likely N-dealkylation sites (tertiary alicyclic amines) is 1. The van der Waals surface area contributed by atoms with Crippen LogP contribution in [0.4, 0.5) is 0 Å². The molecule has 1 aromatic carbocycles. The molecule has 0 saturated carbocycles. The Labute approximate surface area is 131 Å². The van der Waals surface area contributed by atoms with Crippen molar-refractivity contribution < 1.29 is 14.4 Å². The third-order valence-electron chi connectivity index (χ3n) is 4.15. The molecule has 2 aromatic heterocycles. The highest BCUT2D eigenvalue weighted by molar-refractivity contribution is 5.97. The van der Waals surface area contributed by atoms with Gasteiger partial charge in [-0.1, -0.05) is 5.16 Å². The molecule has 23 heavy (non-hydrogen) atoms. The van der Waals surface area contributed by atoms with Crippen LogP contribution in [0.2, 0.25) is 0 Å². The van der Waals surface area contributed by atoms with Gasteiger partial charge in [0.05, 0.1) is 11.0 Å². The summed E-state index contributed by atoms with van der Waals surface area (Å²) < 4.78 is 4.77. The summed E-state index contributed by atoms with van der Waals surface area (Å²) in [6.07, 6.45) is 2.14. The van der Waals surface area contributed by atoms with Crippen LogP contribution in [0, 0.1) is 0 Å². The number of hydrogen-bond acceptors (Lipinski definition) is 6. The predicted octanol–water partition coefficient (Wildman–Crippen LogP) is 1.07. The maximum absolute atomic E-state index is 12.7. The van der Waals surface area contributed by atoms with Crippen molar-refractivity contribution in [3.8, 4) is 0 Å². The molecule has 1 aliphatic heterocycles. The summed E-state index contributed by atoms with van der Waals surface area (Å²) >= 11 is 0. The number of aliphatic hydroxyl groups excluding tert-OH is 1. The average molecular weight is 313 g/mol. The zero-order chi connectivity index (χ0) is 15.8. The molecule has 8 nitrogen and oxygen atoms in total. The quantitative estimate of drug-likeness (QED) is 0.748. The monoisotopic (exact) mass is 313 g/mol. The highest BCUT2D eigenvalue weighted by Crippen LogP contribution is 2.26. The minimum absolute atomic E-state index is 0.0296. The van der Waals surface area contributed by atoms with Gasteiger partial charge in [0.25, 0.3) is 5.91 Å². The van der Waals surface area contributed by atoms with E-state index in [1.165, 1.54) is 6.39 Å². The third-order valence-corrected chi connectivity index (χ3v) is 4.15. The van der Waals surface area contributed by atoms with E-state index in [2.05, 4.69) is 20.1 Å². The summed E-state index contributed by atoms with van der Waals surface area (Å²) in [6, 6.07) is 5.31. The largest absolute Gasteiger partial charge is 0.388 e. The maximum Gasteiger partial charge on any atom is 0.253 e. The first-order chi connectivity index (χ1) is 11.2. The molecule has 118 valence electrons. The summed E-state index contributed by atoms with van der Waals surface area (Å²) in [7, 11) is 0. The summed E-state index contributed by atoms with van der Waals surface area (Å²) in [6.45, 7) is 1.10. The lowest BCUT2D eigenvalue weighted by Gasteiger charge is -2.15. The van der Waals surface area contributed by atoms with E-state index in [0.717, 1.165) is 17.5 Å². The summed E-state index contributed by atoms with van der Waals surface area (Å²) in [5.74, 6) is 1.23. The van der Waals surface area contributed by atoms with E-state index >= 15 is 0 Å². The molecule has 4 rings (SSSR count). The number of carbonyl (C=O) groups excluding carboxylic acids is 1. The summed E-state index contributed by atoms with van der Waals surface area (Å²) in [4.78, 5) is 25.7. The molecule has 1 saturated heterocycles. The molecule has 1 amide bonds. The second-order valence-corrected chi connectivity index (χ2v) is 5.60. The van der Waals surface area contributed by atoms with Gasteiger partial charge < -0.3 is 19.5 Å². The van der Waals surface area contributed by atoms with Gasteiger partial charge in [0.1, 0.15) is 12.4 Å². The summed E-state index contributed by atoms with van der Waals surface area (Å²) in [5, 5.41) is 13.0. The Balaban J connectivity index is 1.55. The number of hydrogen-bond donors (Lipinski definition) is 2. The van der Waals surface area contributed by atoms with E-state index in [1.54, 1.807) is 23.1 Å². The van der Waals surface area contributed by atoms with Crippen molar-refractivity contribution in [1.29, 1.82) is 0 Å². The molecule has 1 fully saturated rings. The van der Waals surface area contributed by atoms with Gasteiger partial charge in [0, 0.05) is 24.6 Å². The van der Waals surface area contributed by atoms with Gasteiger partial charge in [0.15, 0.2) is 5.82 Å². The van der Waals surface area contributed by atoms with Crippen molar-refractivity contribution in [2.75, 3.05) is 13.1 Å². The number of aliphatic hydroxyl groups is 1. The molecule has 1 aliphatic rings. The van der Waals surface area contributed by atoms with E-state index in [0.29, 0.717) is 30.3 Å². The van der Waals surface area contributed by atoms with E-state index in [9.17, 15) is 4.79 Å². The number of aromatic nitrogens is 4. The Kier molecular flexibility index (Phi) is 3.30. The SMILES string of the molecule is O=C(c1ccc2nc(CO)[nH]c2c1)N1CCC(c2ncon2)C1. The molecule has 1 atom stereocenters. The Morgan fingerprint density at radius 2 is 2.39 bits per heavy atom. The first kappa shape index (κ1) is 13.9. The van der Waals surface area contributed by atoms with Crippen LogP contribution < -0.4 is 0 Å². The lowest BCUT2D eigenvalue weighted by molar-refractivity contribution is 0.0790. The van der Waals surface area contributed by atoms with Crippen LogP contribution in [0.1, 0.15) is 34.3 Å². The van der Waals surface area contributed by atoms with Gasteiger partial charge in [-0.3, -0.25) is 4.79 Å². The molecule has 0 spiro atoms. The first-order valence-corrected chi connectivity index (χ1v) is 7.39. The fourth-order valence-electron chi connectivity index (χ4n) is 2.97. The number of benzene rings is 1. The second-order valence-electron chi connectivity index (χ2n) is 5.60. The van der Waals surface area contributed by atoms with Crippen LogP contribution in [0.3, 0.4) is 0 Å². The van der Waals surface area contributed by atoms with Crippen LogP contribution in [0.5, 0.6) is 0 Å².